The van der Waals surface area contributed by atoms with Crippen molar-refractivity contribution >= 4 is 22.9 Å². The molecule has 0 aliphatic rings. The number of nitrogens with one attached hydrogen (secondary N) is 1. The average Bonchev–Trinajstić information content (AvgIpc) is 2.85. The first-order valence-corrected chi connectivity index (χ1v) is 6.18. The van der Waals surface area contributed by atoms with E-state index in [-0.39, 0.29) is 0 Å². The highest BCUT2D eigenvalue weighted by Gasteiger charge is 2.01. The lowest BCUT2D eigenvalue weighted by molar-refractivity contribution is 0.100. The maximum absolute atomic E-state index is 10.9. The highest BCUT2D eigenvalue weighted by molar-refractivity contribution is 7.10. The van der Waals surface area contributed by atoms with Gasteiger partial charge in [0.1, 0.15) is 6.07 Å². The van der Waals surface area contributed by atoms with E-state index in [4.69, 9.17) is 11.0 Å². The molecule has 90 valence electrons. The molecule has 0 spiro atoms. The van der Waals surface area contributed by atoms with E-state index in [0.29, 0.717) is 17.7 Å². The molecule has 1 heterocycles. The zero-order chi connectivity index (χ0) is 13.0. The summed E-state index contributed by atoms with van der Waals surface area (Å²) < 4.78 is 0. The van der Waals surface area contributed by atoms with Gasteiger partial charge in [-0.15, -0.1) is 11.3 Å². The molecule has 3 N–H and O–H groups in total. The second kappa shape index (κ2) is 5.34. The third kappa shape index (κ3) is 2.87. The van der Waals surface area contributed by atoms with E-state index in [1.807, 2.05) is 11.4 Å². The zero-order valence-electron chi connectivity index (χ0n) is 9.51. The van der Waals surface area contributed by atoms with E-state index in [0.717, 1.165) is 10.6 Å². The van der Waals surface area contributed by atoms with Crippen molar-refractivity contribution in [2.45, 2.75) is 6.54 Å². The first-order valence-electron chi connectivity index (χ1n) is 5.30. The van der Waals surface area contributed by atoms with Crippen LogP contribution in [-0.2, 0) is 6.54 Å². The number of primary amides is 1. The SMILES string of the molecule is N#Cc1csc(CNc2ccc(C(N)=O)cc2)c1. The summed E-state index contributed by atoms with van der Waals surface area (Å²) >= 11 is 1.54. The van der Waals surface area contributed by atoms with Crippen molar-refractivity contribution in [2.24, 2.45) is 5.73 Å². The zero-order valence-corrected chi connectivity index (χ0v) is 10.3. The van der Waals surface area contributed by atoms with E-state index in [2.05, 4.69) is 11.4 Å². The van der Waals surface area contributed by atoms with Gasteiger partial charge in [0.05, 0.1) is 5.56 Å². The van der Waals surface area contributed by atoms with Gasteiger partial charge in [0.25, 0.3) is 0 Å². The van der Waals surface area contributed by atoms with Crippen molar-refractivity contribution in [3.63, 3.8) is 0 Å². The number of amides is 1. The summed E-state index contributed by atoms with van der Waals surface area (Å²) in [6, 6.07) is 10.9. The summed E-state index contributed by atoms with van der Waals surface area (Å²) in [5.74, 6) is -0.432. The van der Waals surface area contributed by atoms with Gasteiger partial charge in [0, 0.05) is 28.1 Å². The first-order chi connectivity index (χ1) is 8.69. The van der Waals surface area contributed by atoms with Gasteiger partial charge in [0.2, 0.25) is 5.91 Å². The Hall–Kier alpha value is -2.32. The van der Waals surface area contributed by atoms with Crippen molar-refractivity contribution in [3.8, 4) is 6.07 Å². The maximum atomic E-state index is 10.9. The number of anilines is 1. The van der Waals surface area contributed by atoms with Gasteiger partial charge in [-0.05, 0) is 30.3 Å². The minimum Gasteiger partial charge on any atom is -0.380 e. The van der Waals surface area contributed by atoms with Gasteiger partial charge in [-0.3, -0.25) is 4.79 Å². The number of benzene rings is 1. The molecule has 0 bridgehead atoms. The Kier molecular flexibility index (Phi) is 3.60. The Morgan fingerprint density at radius 1 is 1.39 bits per heavy atom. The quantitative estimate of drug-likeness (QED) is 0.882. The van der Waals surface area contributed by atoms with Crippen LogP contribution >= 0.6 is 11.3 Å². The number of carbonyl (C=O) groups excluding carboxylic acids is 1. The van der Waals surface area contributed by atoms with Gasteiger partial charge in [-0.2, -0.15) is 5.26 Å². The molecule has 2 aromatic rings. The number of hydrogen-bond acceptors (Lipinski definition) is 4. The van der Waals surface area contributed by atoms with Crippen LogP contribution in [0.4, 0.5) is 5.69 Å². The molecule has 0 aliphatic heterocycles. The lowest BCUT2D eigenvalue weighted by atomic mass is 10.2. The Labute approximate surface area is 109 Å². The van der Waals surface area contributed by atoms with E-state index in [1.165, 1.54) is 0 Å². The van der Waals surface area contributed by atoms with Crippen molar-refractivity contribution in [2.75, 3.05) is 5.32 Å². The van der Waals surface area contributed by atoms with Crippen LogP contribution in [0.5, 0.6) is 0 Å². The number of nitrogens with zero attached hydrogens (tertiary/aromatic N) is 1. The monoisotopic (exact) mass is 257 g/mol. The minimum atomic E-state index is -0.432. The smallest absolute Gasteiger partial charge is 0.248 e. The van der Waals surface area contributed by atoms with Crippen LogP contribution in [0, 0.1) is 11.3 Å². The molecular weight excluding hydrogens is 246 g/mol. The third-order valence-corrected chi connectivity index (χ3v) is 3.36. The molecule has 18 heavy (non-hydrogen) atoms. The molecule has 0 saturated carbocycles. The number of hydrogen-bond donors (Lipinski definition) is 2. The highest BCUT2D eigenvalue weighted by Crippen LogP contribution is 2.16. The number of nitriles is 1. The number of carbonyl (C=O) groups is 1. The fourth-order valence-electron chi connectivity index (χ4n) is 1.47. The predicted octanol–water partition coefficient (Wildman–Crippen LogP) is 2.33. The molecule has 0 atom stereocenters. The Balaban J connectivity index is 1.98. The fraction of sp³-hybridized carbons (Fsp3) is 0.0769. The van der Waals surface area contributed by atoms with Crippen LogP contribution in [0.1, 0.15) is 20.8 Å². The summed E-state index contributed by atoms with van der Waals surface area (Å²) in [5, 5.41) is 13.8. The molecule has 0 aliphatic carbocycles. The molecule has 1 aromatic carbocycles. The third-order valence-electron chi connectivity index (χ3n) is 2.42. The van der Waals surface area contributed by atoms with E-state index in [9.17, 15) is 4.79 Å². The molecule has 1 amide bonds. The van der Waals surface area contributed by atoms with Crippen LogP contribution in [0.2, 0.25) is 0 Å². The number of rotatable bonds is 4. The molecule has 0 unspecified atom stereocenters. The van der Waals surface area contributed by atoms with Crippen molar-refractivity contribution in [3.05, 3.63) is 51.7 Å². The van der Waals surface area contributed by atoms with Crippen LogP contribution < -0.4 is 11.1 Å². The van der Waals surface area contributed by atoms with Crippen molar-refractivity contribution in [1.82, 2.24) is 0 Å². The average molecular weight is 257 g/mol. The van der Waals surface area contributed by atoms with Crippen molar-refractivity contribution < 1.29 is 4.79 Å². The summed E-state index contributed by atoms with van der Waals surface area (Å²) in [5.41, 5.74) is 7.24. The lowest BCUT2D eigenvalue weighted by Crippen LogP contribution is -2.10. The molecule has 5 heteroatoms. The molecule has 1 aromatic heterocycles. The standard InChI is InChI=1S/C13H11N3OS/c14-6-9-5-12(18-8-9)7-16-11-3-1-10(2-4-11)13(15)17/h1-5,8,16H,7H2,(H2,15,17). The summed E-state index contributed by atoms with van der Waals surface area (Å²) in [7, 11) is 0. The summed E-state index contributed by atoms with van der Waals surface area (Å²) in [6.45, 7) is 0.655. The Morgan fingerprint density at radius 2 is 2.11 bits per heavy atom. The van der Waals surface area contributed by atoms with E-state index < -0.39 is 5.91 Å². The van der Waals surface area contributed by atoms with Crippen molar-refractivity contribution in [1.29, 1.82) is 5.26 Å². The number of nitrogens with two attached hydrogens (primary N) is 1. The van der Waals surface area contributed by atoms with Crippen LogP contribution in [0.25, 0.3) is 0 Å². The first kappa shape index (κ1) is 12.1. The van der Waals surface area contributed by atoms with Gasteiger partial charge >= 0.3 is 0 Å². The summed E-state index contributed by atoms with van der Waals surface area (Å²) in [6.07, 6.45) is 0. The Bertz CT molecular complexity index is 595. The maximum Gasteiger partial charge on any atom is 0.248 e. The largest absolute Gasteiger partial charge is 0.380 e. The van der Waals surface area contributed by atoms with Gasteiger partial charge in [-0.25, -0.2) is 0 Å². The summed E-state index contributed by atoms with van der Waals surface area (Å²) in [4.78, 5) is 12.0. The molecule has 0 fully saturated rings. The van der Waals surface area contributed by atoms with Crippen LogP contribution in [0.15, 0.2) is 35.7 Å². The lowest BCUT2D eigenvalue weighted by Gasteiger charge is -2.04. The second-order valence-corrected chi connectivity index (χ2v) is 4.70. The highest BCUT2D eigenvalue weighted by atomic mass is 32.1. The van der Waals surface area contributed by atoms with Crippen LogP contribution in [0.3, 0.4) is 0 Å². The molecule has 4 nitrogen and oxygen atoms in total. The predicted molar refractivity (Wildman–Crippen MR) is 71.3 cm³/mol. The molecule has 0 saturated heterocycles. The van der Waals surface area contributed by atoms with E-state index >= 15 is 0 Å². The molecule has 2 rings (SSSR count). The minimum absolute atomic E-state index is 0.432. The van der Waals surface area contributed by atoms with Gasteiger partial charge < -0.3 is 11.1 Å². The normalized spacial score (nSPS) is 9.72. The number of thiophene rings is 1. The Morgan fingerprint density at radius 3 is 2.67 bits per heavy atom. The van der Waals surface area contributed by atoms with Gasteiger partial charge in [0.15, 0.2) is 0 Å². The molecule has 0 radical (unpaired) electrons. The fourth-order valence-corrected chi connectivity index (χ4v) is 2.22. The van der Waals surface area contributed by atoms with Gasteiger partial charge in [-0.1, -0.05) is 0 Å². The molecular formula is C13H11N3OS. The van der Waals surface area contributed by atoms with E-state index in [1.54, 1.807) is 35.6 Å². The second-order valence-electron chi connectivity index (χ2n) is 3.71. The van der Waals surface area contributed by atoms with Crippen LogP contribution in [-0.4, -0.2) is 5.91 Å². The topological polar surface area (TPSA) is 78.9 Å².